The van der Waals surface area contributed by atoms with Gasteiger partial charge in [-0.1, -0.05) is 0 Å². The minimum Gasteiger partial charge on any atom is -0.494 e. The maximum Gasteiger partial charge on any atom is 0.425 e. The quantitative estimate of drug-likeness (QED) is 0.761. The molecule has 1 fully saturated rings. The number of likely N-dealkylation sites (tertiary alicyclic amines) is 1. The first kappa shape index (κ1) is 20.5. The molecule has 1 aliphatic rings. The van der Waals surface area contributed by atoms with Crippen LogP contribution in [0.4, 0.5) is 13.2 Å². The van der Waals surface area contributed by atoms with Crippen molar-refractivity contribution in [3.8, 4) is 17.6 Å². The van der Waals surface area contributed by atoms with Gasteiger partial charge in [-0.05, 0) is 36.8 Å². The molecule has 0 saturated carbocycles. The predicted molar refractivity (Wildman–Crippen MR) is 96.7 cm³/mol. The third-order valence-electron chi connectivity index (χ3n) is 4.77. The number of benzene rings is 1. The molecule has 2 heterocycles. The van der Waals surface area contributed by atoms with Gasteiger partial charge in [0, 0.05) is 31.4 Å². The summed E-state index contributed by atoms with van der Waals surface area (Å²) < 4.78 is 49.1. The van der Waals surface area contributed by atoms with E-state index in [2.05, 4.69) is 4.98 Å². The summed E-state index contributed by atoms with van der Waals surface area (Å²) in [5.41, 5.74) is 0.869. The predicted octanol–water partition coefficient (Wildman–Crippen LogP) is 3.53. The van der Waals surface area contributed by atoms with Gasteiger partial charge in [-0.15, -0.1) is 0 Å². The van der Waals surface area contributed by atoms with Crippen molar-refractivity contribution < 1.29 is 27.4 Å². The Kier molecular flexibility index (Phi) is 5.64. The zero-order valence-electron chi connectivity index (χ0n) is 15.7. The van der Waals surface area contributed by atoms with E-state index in [1.165, 1.54) is 24.1 Å². The van der Waals surface area contributed by atoms with Crippen molar-refractivity contribution in [2.45, 2.75) is 25.1 Å². The molecular formula is C20H18F3N3O3. The first-order valence-corrected chi connectivity index (χ1v) is 8.80. The fourth-order valence-corrected chi connectivity index (χ4v) is 3.07. The van der Waals surface area contributed by atoms with Crippen molar-refractivity contribution >= 4 is 5.91 Å². The molecule has 0 bridgehead atoms. The number of hydrogen-bond acceptors (Lipinski definition) is 5. The lowest BCUT2D eigenvalue weighted by Crippen LogP contribution is -2.48. The number of ether oxygens (including phenoxy) is 2. The van der Waals surface area contributed by atoms with Gasteiger partial charge < -0.3 is 14.4 Å². The Morgan fingerprint density at radius 2 is 1.93 bits per heavy atom. The van der Waals surface area contributed by atoms with E-state index in [1.54, 1.807) is 12.4 Å². The Balaban J connectivity index is 1.90. The number of pyridine rings is 1. The number of nitrogens with zero attached hydrogens (tertiary/aromatic N) is 3. The largest absolute Gasteiger partial charge is 0.494 e. The number of hydrogen-bond donors (Lipinski definition) is 0. The Bertz CT molecular complexity index is 936. The third-order valence-corrected chi connectivity index (χ3v) is 4.77. The van der Waals surface area contributed by atoms with Gasteiger partial charge in [-0.3, -0.25) is 9.78 Å². The first-order valence-electron chi connectivity index (χ1n) is 8.80. The van der Waals surface area contributed by atoms with E-state index in [1.807, 2.05) is 18.2 Å². The second kappa shape index (κ2) is 7.99. The lowest BCUT2D eigenvalue weighted by atomic mass is 9.91. The summed E-state index contributed by atoms with van der Waals surface area (Å²) in [7, 11) is 1.25. The Hall–Kier alpha value is -3.28. The molecule has 1 aliphatic heterocycles. The minimum atomic E-state index is -4.61. The molecule has 0 aliphatic carbocycles. The van der Waals surface area contributed by atoms with E-state index in [0.717, 1.165) is 12.5 Å². The van der Waals surface area contributed by atoms with Gasteiger partial charge in [-0.25, -0.2) is 0 Å². The van der Waals surface area contributed by atoms with Crippen LogP contribution >= 0.6 is 0 Å². The highest BCUT2D eigenvalue weighted by atomic mass is 19.4. The molecule has 152 valence electrons. The molecular weight excluding hydrogens is 387 g/mol. The lowest BCUT2D eigenvalue weighted by molar-refractivity contribution is -0.189. The van der Waals surface area contributed by atoms with Crippen LogP contribution < -0.4 is 9.47 Å². The van der Waals surface area contributed by atoms with Crippen molar-refractivity contribution in [1.29, 1.82) is 5.26 Å². The summed E-state index contributed by atoms with van der Waals surface area (Å²) in [6.07, 6.45) is -3.43. The summed E-state index contributed by atoms with van der Waals surface area (Å²) in [5, 5.41) is 9.28. The smallest absolute Gasteiger partial charge is 0.425 e. The van der Waals surface area contributed by atoms with Crippen LogP contribution in [0.1, 0.15) is 34.3 Å². The minimum absolute atomic E-state index is 0.0362. The van der Waals surface area contributed by atoms with E-state index in [4.69, 9.17) is 9.47 Å². The number of amides is 1. The molecule has 1 saturated heterocycles. The average Bonchev–Trinajstić information content (AvgIpc) is 2.66. The average molecular weight is 405 g/mol. The fraction of sp³-hybridized carbons (Fsp3) is 0.350. The summed E-state index contributed by atoms with van der Waals surface area (Å²) >= 11 is 0. The van der Waals surface area contributed by atoms with Crippen molar-refractivity contribution in [2.24, 2.45) is 0 Å². The summed E-state index contributed by atoms with van der Waals surface area (Å²) in [6, 6.07) is 8.04. The van der Waals surface area contributed by atoms with Crippen LogP contribution in [0.3, 0.4) is 0 Å². The second-order valence-corrected chi connectivity index (χ2v) is 6.62. The van der Waals surface area contributed by atoms with Crippen molar-refractivity contribution in [3.05, 3.63) is 53.3 Å². The van der Waals surface area contributed by atoms with Gasteiger partial charge in [0.15, 0.2) is 11.9 Å². The van der Waals surface area contributed by atoms with Gasteiger partial charge in [0.2, 0.25) is 0 Å². The number of methoxy groups -OCH3 is 1. The number of aromatic nitrogens is 1. The van der Waals surface area contributed by atoms with Gasteiger partial charge >= 0.3 is 6.18 Å². The molecule has 1 aromatic carbocycles. The van der Waals surface area contributed by atoms with Crippen LogP contribution in [0.2, 0.25) is 0 Å². The van der Waals surface area contributed by atoms with Crippen molar-refractivity contribution in [1.82, 2.24) is 9.88 Å². The van der Waals surface area contributed by atoms with Crippen LogP contribution in [-0.2, 0) is 0 Å². The highest BCUT2D eigenvalue weighted by Crippen LogP contribution is 2.38. The zero-order valence-corrected chi connectivity index (χ0v) is 15.7. The molecule has 6 nitrogen and oxygen atoms in total. The molecule has 2 aromatic rings. The maximum absolute atomic E-state index is 13.1. The second-order valence-electron chi connectivity index (χ2n) is 6.62. The van der Waals surface area contributed by atoms with Crippen LogP contribution in [-0.4, -0.2) is 48.3 Å². The lowest BCUT2D eigenvalue weighted by Gasteiger charge is -2.40. The summed E-state index contributed by atoms with van der Waals surface area (Å²) in [5.74, 6) is -0.820. The molecule has 29 heavy (non-hydrogen) atoms. The molecule has 3 rings (SSSR count). The Morgan fingerprint density at radius 1 is 1.28 bits per heavy atom. The van der Waals surface area contributed by atoms with Gasteiger partial charge in [0.25, 0.3) is 5.91 Å². The van der Waals surface area contributed by atoms with Crippen LogP contribution in [0, 0.1) is 11.3 Å². The topological polar surface area (TPSA) is 75.5 Å². The highest BCUT2D eigenvalue weighted by Gasteiger charge is 2.40. The van der Waals surface area contributed by atoms with Gasteiger partial charge in [-0.2, -0.15) is 18.4 Å². The van der Waals surface area contributed by atoms with E-state index in [9.17, 15) is 23.2 Å². The normalized spacial score (nSPS) is 15.2. The van der Waals surface area contributed by atoms with Crippen LogP contribution in [0.25, 0.3) is 0 Å². The molecule has 9 heteroatoms. The standard InChI is InChI=1S/C20H18F3N3O3/c1-12(20(21,22)23)29-16-4-3-14(9-24)18(28-2)17(16)19(27)26-10-15(11-26)13-5-7-25-8-6-13/h3-8,12,15H,10-11H2,1-2H3/t12-/m0/s1. The molecule has 1 atom stereocenters. The molecule has 0 N–H and O–H groups in total. The van der Waals surface area contributed by atoms with E-state index >= 15 is 0 Å². The number of rotatable bonds is 5. The van der Waals surface area contributed by atoms with E-state index in [0.29, 0.717) is 13.1 Å². The monoisotopic (exact) mass is 405 g/mol. The first-order chi connectivity index (χ1) is 13.8. The van der Waals surface area contributed by atoms with Gasteiger partial charge in [0.05, 0.1) is 12.7 Å². The molecule has 0 unspecified atom stereocenters. The fourth-order valence-electron chi connectivity index (χ4n) is 3.07. The van der Waals surface area contributed by atoms with Crippen LogP contribution in [0.5, 0.6) is 11.5 Å². The van der Waals surface area contributed by atoms with Crippen molar-refractivity contribution in [2.75, 3.05) is 20.2 Å². The number of alkyl halides is 3. The molecule has 1 aromatic heterocycles. The number of carbonyl (C=O) groups is 1. The van der Waals surface area contributed by atoms with Gasteiger partial charge in [0.1, 0.15) is 17.4 Å². The Labute approximate surface area is 165 Å². The SMILES string of the molecule is COc1c(C#N)ccc(O[C@@H](C)C(F)(F)F)c1C(=O)N1CC(c2ccncc2)C1. The van der Waals surface area contributed by atoms with Crippen LogP contribution in [0.15, 0.2) is 36.7 Å². The molecule has 1 amide bonds. The van der Waals surface area contributed by atoms with E-state index < -0.39 is 18.2 Å². The number of halogens is 3. The summed E-state index contributed by atoms with van der Waals surface area (Å²) in [6.45, 7) is 1.62. The number of carbonyl (C=O) groups excluding carboxylic acids is 1. The zero-order chi connectivity index (χ0) is 21.2. The Morgan fingerprint density at radius 3 is 2.48 bits per heavy atom. The third kappa shape index (κ3) is 4.11. The van der Waals surface area contributed by atoms with Crippen molar-refractivity contribution in [3.63, 3.8) is 0 Å². The number of nitriles is 1. The molecule has 0 spiro atoms. The maximum atomic E-state index is 13.1. The van der Waals surface area contributed by atoms with E-state index in [-0.39, 0.29) is 28.5 Å². The highest BCUT2D eigenvalue weighted by molar-refractivity contribution is 6.01. The summed E-state index contributed by atoms with van der Waals surface area (Å²) in [4.78, 5) is 18.5. The molecule has 0 radical (unpaired) electrons.